The van der Waals surface area contributed by atoms with E-state index in [1.165, 1.54) is 36.4 Å². The van der Waals surface area contributed by atoms with Crippen molar-refractivity contribution in [3.8, 4) is 0 Å². The zero-order valence-electron chi connectivity index (χ0n) is 15.4. The maximum atomic E-state index is 12.8. The Labute approximate surface area is 162 Å². The van der Waals surface area contributed by atoms with Crippen molar-refractivity contribution in [2.75, 3.05) is 4.72 Å². The number of fused-ring (bicyclic) bond motifs is 1. The second-order valence-corrected chi connectivity index (χ2v) is 8.07. The highest BCUT2D eigenvalue weighted by atomic mass is 32.2. The van der Waals surface area contributed by atoms with Crippen LogP contribution in [-0.4, -0.2) is 20.4 Å². The van der Waals surface area contributed by atoms with Gasteiger partial charge in [-0.2, -0.15) is 0 Å². The van der Waals surface area contributed by atoms with Gasteiger partial charge in [0, 0.05) is 17.5 Å². The Bertz CT molecular complexity index is 1180. The average Bonchev–Trinajstić information content (AvgIpc) is 2.67. The highest BCUT2D eigenvalue weighted by molar-refractivity contribution is 7.92. The minimum Gasteiger partial charge on any atom is -0.423 e. The molecule has 0 radical (unpaired) electrons. The Hall–Kier alpha value is -3.13. The number of carbonyl (C=O) groups is 1. The fraction of sp³-hybridized carbons (Fsp3) is 0.200. The molecule has 3 rings (SSSR count). The Morgan fingerprint density at radius 1 is 1.11 bits per heavy atom. The standard InChI is InChI=1S/C20H20N2O5S/c1-3-13(2)21-20(24)16-6-4-5-7-17(16)22-28(25,26)15-9-10-18-14(12-15)8-11-19(23)27-18/h4-13,22H,3H2,1-2H3,(H,21,24)/t13-/m1/s1. The lowest BCUT2D eigenvalue weighted by Gasteiger charge is -2.15. The molecule has 3 aromatic rings. The Morgan fingerprint density at radius 3 is 2.61 bits per heavy atom. The van der Waals surface area contributed by atoms with E-state index in [0.29, 0.717) is 11.0 Å². The number of rotatable bonds is 6. The molecule has 1 aromatic heterocycles. The second kappa shape index (κ2) is 7.85. The summed E-state index contributed by atoms with van der Waals surface area (Å²) >= 11 is 0. The van der Waals surface area contributed by atoms with Gasteiger partial charge in [0.25, 0.3) is 15.9 Å². The van der Waals surface area contributed by atoms with Crippen LogP contribution in [-0.2, 0) is 10.0 Å². The maximum absolute atomic E-state index is 12.8. The number of nitrogens with one attached hydrogen (secondary N) is 2. The molecule has 1 amide bonds. The molecule has 0 aliphatic carbocycles. The molecule has 7 nitrogen and oxygen atoms in total. The lowest BCUT2D eigenvalue weighted by atomic mass is 10.1. The van der Waals surface area contributed by atoms with Gasteiger partial charge in [0.15, 0.2) is 0 Å². The third-order valence-electron chi connectivity index (χ3n) is 4.31. The molecule has 0 bridgehead atoms. The van der Waals surface area contributed by atoms with E-state index in [0.717, 1.165) is 6.42 Å². The number of sulfonamides is 1. The molecule has 2 aromatic carbocycles. The summed E-state index contributed by atoms with van der Waals surface area (Å²) in [7, 11) is -3.95. The van der Waals surface area contributed by atoms with E-state index in [-0.39, 0.29) is 28.1 Å². The van der Waals surface area contributed by atoms with Crippen LogP contribution in [0.5, 0.6) is 0 Å². The summed E-state index contributed by atoms with van der Waals surface area (Å²) in [6.45, 7) is 3.82. The van der Waals surface area contributed by atoms with Crippen LogP contribution in [0.25, 0.3) is 11.0 Å². The monoisotopic (exact) mass is 400 g/mol. The van der Waals surface area contributed by atoms with Gasteiger partial charge in [-0.25, -0.2) is 13.2 Å². The first-order valence-electron chi connectivity index (χ1n) is 8.77. The van der Waals surface area contributed by atoms with Gasteiger partial charge in [-0.3, -0.25) is 9.52 Å². The van der Waals surface area contributed by atoms with Crippen molar-refractivity contribution in [1.82, 2.24) is 5.32 Å². The molecule has 28 heavy (non-hydrogen) atoms. The molecule has 0 unspecified atom stereocenters. The number of carbonyl (C=O) groups excluding carboxylic acids is 1. The van der Waals surface area contributed by atoms with E-state index in [1.54, 1.807) is 18.2 Å². The minimum atomic E-state index is -3.95. The number of hydrogen-bond acceptors (Lipinski definition) is 5. The van der Waals surface area contributed by atoms with Crippen LogP contribution in [0.1, 0.15) is 30.6 Å². The number of hydrogen-bond donors (Lipinski definition) is 2. The minimum absolute atomic E-state index is 0.00835. The van der Waals surface area contributed by atoms with Crippen molar-refractivity contribution in [2.24, 2.45) is 0 Å². The number of para-hydroxylation sites is 1. The first-order valence-corrected chi connectivity index (χ1v) is 10.2. The Morgan fingerprint density at radius 2 is 1.86 bits per heavy atom. The van der Waals surface area contributed by atoms with Gasteiger partial charge < -0.3 is 9.73 Å². The maximum Gasteiger partial charge on any atom is 0.336 e. The molecule has 1 heterocycles. The number of anilines is 1. The molecular formula is C20H20N2O5S. The highest BCUT2D eigenvalue weighted by Crippen LogP contribution is 2.23. The highest BCUT2D eigenvalue weighted by Gasteiger charge is 2.19. The molecule has 2 N–H and O–H groups in total. The molecule has 8 heteroatoms. The molecule has 1 atom stereocenters. The summed E-state index contributed by atoms with van der Waals surface area (Å²) in [5.74, 6) is -0.354. The summed E-state index contributed by atoms with van der Waals surface area (Å²) in [6, 6.07) is 13.3. The molecule has 0 aliphatic rings. The summed E-state index contributed by atoms with van der Waals surface area (Å²) in [5, 5.41) is 3.30. The van der Waals surface area contributed by atoms with Gasteiger partial charge in [0.1, 0.15) is 5.58 Å². The van der Waals surface area contributed by atoms with Crippen LogP contribution >= 0.6 is 0 Å². The fourth-order valence-corrected chi connectivity index (χ4v) is 3.71. The van der Waals surface area contributed by atoms with E-state index in [2.05, 4.69) is 10.0 Å². The van der Waals surface area contributed by atoms with Gasteiger partial charge in [0.2, 0.25) is 0 Å². The molecule has 146 valence electrons. The SMILES string of the molecule is CC[C@@H](C)NC(=O)c1ccccc1NS(=O)(=O)c1ccc2oc(=O)ccc2c1. The Balaban J connectivity index is 1.94. The summed E-state index contributed by atoms with van der Waals surface area (Å²) in [5.41, 5.74) is 0.198. The summed E-state index contributed by atoms with van der Waals surface area (Å²) in [4.78, 5) is 23.7. The molecule has 0 fully saturated rings. The number of amides is 1. The van der Waals surface area contributed by atoms with Crippen molar-refractivity contribution in [2.45, 2.75) is 31.2 Å². The van der Waals surface area contributed by atoms with Gasteiger partial charge in [-0.1, -0.05) is 19.1 Å². The van der Waals surface area contributed by atoms with Crippen LogP contribution in [0, 0.1) is 0 Å². The first-order chi connectivity index (χ1) is 13.3. The zero-order valence-corrected chi connectivity index (χ0v) is 16.2. The van der Waals surface area contributed by atoms with E-state index in [1.807, 2.05) is 13.8 Å². The smallest absolute Gasteiger partial charge is 0.336 e. The largest absolute Gasteiger partial charge is 0.423 e. The van der Waals surface area contributed by atoms with Crippen LogP contribution in [0.2, 0.25) is 0 Å². The quantitative estimate of drug-likeness (QED) is 0.619. The summed E-state index contributed by atoms with van der Waals surface area (Å²) < 4.78 is 33.2. The van der Waals surface area contributed by atoms with Crippen molar-refractivity contribution in [3.63, 3.8) is 0 Å². The fourth-order valence-electron chi connectivity index (χ4n) is 2.59. The number of benzene rings is 2. The molecule has 0 saturated carbocycles. The van der Waals surface area contributed by atoms with Gasteiger partial charge >= 0.3 is 5.63 Å². The van der Waals surface area contributed by atoms with Gasteiger partial charge in [-0.05, 0) is 49.7 Å². The normalized spacial score (nSPS) is 12.5. The van der Waals surface area contributed by atoms with Crippen molar-refractivity contribution in [3.05, 3.63) is 70.6 Å². The molecule has 0 spiro atoms. The van der Waals surface area contributed by atoms with E-state index in [4.69, 9.17) is 4.42 Å². The lowest BCUT2D eigenvalue weighted by Crippen LogP contribution is -2.32. The first kappa shape index (κ1) is 19.6. The topological polar surface area (TPSA) is 105 Å². The van der Waals surface area contributed by atoms with Gasteiger partial charge in [-0.15, -0.1) is 0 Å². The van der Waals surface area contributed by atoms with E-state index in [9.17, 15) is 18.0 Å². The van der Waals surface area contributed by atoms with Crippen LogP contribution in [0.15, 0.2) is 68.7 Å². The molecular weight excluding hydrogens is 380 g/mol. The van der Waals surface area contributed by atoms with E-state index < -0.39 is 15.6 Å². The Kier molecular flexibility index (Phi) is 5.51. The average molecular weight is 400 g/mol. The van der Waals surface area contributed by atoms with E-state index >= 15 is 0 Å². The zero-order chi connectivity index (χ0) is 20.3. The van der Waals surface area contributed by atoms with Crippen LogP contribution in [0.4, 0.5) is 5.69 Å². The van der Waals surface area contributed by atoms with Crippen molar-refractivity contribution >= 4 is 32.6 Å². The second-order valence-electron chi connectivity index (χ2n) is 6.39. The third-order valence-corrected chi connectivity index (χ3v) is 5.67. The predicted octanol–water partition coefficient (Wildman–Crippen LogP) is 3.12. The third kappa shape index (κ3) is 4.23. The molecule has 0 saturated heterocycles. The predicted molar refractivity (Wildman–Crippen MR) is 107 cm³/mol. The lowest BCUT2D eigenvalue weighted by molar-refractivity contribution is 0.0940. The van der Waals surface area contributed by atoms with Crippen molar-refractivity contribution in [1.29, 1.82) is 0 Å². The van der Waals surface area contributed by atoms with Gasteiger partial charge in [0.05, 0.1) is 16.1 Å². The van der Waals surface area contributed by atoms with Crippen LogP contribution in [0.3, 0.4) is 0 Å². The molecule has 0 aliphatic heterocycles. The van der Waals surface area contributed by atoms with Crippen molar-refractivity contribution < 1.29 is 17.6 Å². The summed E-state index contributed by atoms with van der Waals surface area (Å²) in [6.07, 6.45) is 0.757. The van der Waals surface area contributed by atoms with Crippen LogP contribution < -0.4 is 15.7 Å².